The number of anilines is 1. The maximum absolute atomic E-state index is 13.4. The molecule has 0 bridgehead atoms. The van der Waals surface area contributed by atoms with Gasteiger partial charge in [-0.05, 0) is 29.3 Å². The molecule has 5 rings (SSSR count). The predicted octanol–water partition coefficient (Wildman–Crippen LogP) is 3.45. The van der Waals surface area contributed by atoms with Crippen molar-refractivity contribution in [1.82, 2.24) is 9.88 Å². The number of carboxylic acids is 1. The molecular formula is C27H22N4O4. The van der Waals surface area contributed by atoms with E-state index in [0.717, 1.165) is 26.9 Å². The molecule has 1 atom stereocenters. The molecule has 0 fully saturated rings. The van der Waals surface area contributed by atoms with Crippen LogP contribution in [-0.4, -0.2) is 46.4 Å². The van der Waals surface area contributed by atoms with E-state index in [-0.39, 0.29) is 0 Å². The fourth-order valence-corrected chi connectivity index (χ4v) is 4.37. The normalized spacial score (nSPS) is 15.1. The van der Waals surface area contributed by atoms with Crippen LogP contribution in [0.4, 0.5) is 5.69 Å². The van der Waals surface area contributed by atoms with E-state index in [4.69, 9.17) is 0 Å². The average molecular weight is 466 g/mol. The minimum atomic E-state index is -1.28. The summed E-state index contributed by atoms with van der Waals surface area (Å²) >= 11 is 0. The summed E-state index contributed by atoms with van der Waals surface area (Å²) in [4.78, 5) is 43.8. The highest BCUT2D eigenvalue weighted by Gasteiger charge is 2.32. The van der Waals surface area contributed by atoms with E-state index < -0.39 is 30.5 Å². The lowest BCUT2D eigenvalue weighted by molar-refractivity contribution is -0.136. The van der Waals surface area contributed by atoms with E-state index >= 15 is 0 Å². The lowest BCUT2D eigenvalue weighted by Gasteiger charge is -2.24. The number of hydrogen-bond acceptors (Lipinski definition) is 4. The van der Waals surface area contributed by atoms with Gasteiger partial charge in [-0.1, -0.05) is 60.7 Å². The Balaban J connectivity index is 1.54. The molecule has 8 heteroatoms. The molecule has 2 heterocycles. The Morgan fingerprint density at radius 3 is 2.49 bits per heavy atom. The van der Waals surface area contributed by atoms with Gasteiger partial charge in [0.05, 0.1) is 5.69 Å². The number of carbonyl (C=O) groups is 3. The molecule has 8 nitrogen and oxygen atoms in total. The van der Waals surface area contributed by atoms with Gasteiger partial charge in [0.1, 0.15) is 12.2 Å². The first kappa shape index (κ1) is 22.1. The van der Waals surface area contributed by atoms with Gasteiger partial charge in [-0.3, -0.25) is 24.3 Å². The van der Waals surface area contributed by atoms with Crippen molar-refractivity contribution in [2.45, 2.75) is 6.17 Å². The largest absolute Gasteiger partial charge is 0.480 e. The Labute approximate surface area is 201 Å². The smallest absolute Gasteiger partial charge is 0.323 e. The summed E-state index contributed by atoms with van der Waals surface area (Å²) < 4.78 is 1.74. The van der Waals surface area contributed by atoms with Gasteiger partial charge < -0.3 is 15.0 Å². The number of benzodiazepines with no additional fused rings is 1. The van der Waals surface area contributed by atoms with Crippen LogP contribution in [0.15, 0.2) is 83.9 Å². The zero-order valence-electron chi connectivity index (χ0n) is 18.9. The SMILES string of the molecule is Cn1c(C(=O)NC2N=Cc3c(-c4ccccc4)cccc3N(CC(=O)O)C2=O)cc2ccccc21. The second-order valence-electron chi connectivity index (χ2n) is 8.22. The van der Waals surface area contributed by atoms with Crippen LogP contribution in [0.2, 0.25) is 0 Å². The lowest BCUT2D eigenvalue weighted by atomic mass is 9.98. The van der Waals surface area contributed by atoms with E-state index in [1.165, 1.54) is 6.21 Å². The second-order valence-corrected chi connectivity index (χ2v) is 8.22. The number of fused-ring (bicyclic) bond motifs is 2. The summed E-state index contributed by atoms with van der Waals surface area (Å²) in [5.41, 5.74) is 3.97. The molecule has 174 valence electrons. The summed E-state index contributed by atoms with van der Waals surface area (Å²) in [5, 5.41) is 13.1. The van der Waals surface area contributed by atoms with Crippen molar-refractivity contribution >= 4 is 40.6 Å². The van der Waals surface area contributed by atoms with Crippen LogP contribution in [0, 0.1) is 0 Å². The van der Waals surface area contributed by atoms with Crippen LogP contribution in [0.5, 0.6) is 0 Å². The molecule has 1 unspecified atom stereocenters. The van der Waals surface area contributed by atoms with Crippen molar-refractivity contribution in [2.75, 3.05) is 11.4 Å². The lowest BCUT2D eigenvalue weighted by Crippen LogP contribution is -2.49. The van der Waals surface area contributed by atoms with Crippen LogP contribution >= 0.6 is 0 Å². The number of carbonyl (C=O) groups excluding carboxylic acids is 2. The molecule has 0 saturated heterocycles. The zero-order valence-corrected chi connectivity index (χ0v) is 18.9. The van der Waals surface area contributed by atoms with Crippen molar-refractivity contribution in [3.63, 3.8) is 0 Å². The van der Waals surface area contributed by atoms with Gasteiger partial charge >= 0.3 is 5.97 Å². The van der Waals surface area contributed by atoms with Crippen molar-refractivity contribution in [3.05, 3.63) is 90.1 Å². The van der Waals surface area contributed by atoms with Gasteiger partial charge in [0.15, 0.2) is 0 Å². The Morgan fingerprint density at radius 2 is 1.74 bits per heavy atom. The highest BCUT2D eigenvalue weighted by molar-refractivity contribution is 6.11. The third-order valence-corrected chi connectivity index (χ3v) is 6.06. The van der Waals surface area contributed by atoms with Gasteiger partial charge in [-0.25, -0.2) is 0 Å². The topological polar surface area (TPSA) is 104 Å². The van der Waals surface area contributed by atoms with Crippen LogP contribution in [0.3, 0.4) is 0 Å². The minimum absolute atomic E-state index is 0.366. The number of aromatic nitrogens is 1. The molecule has 4 aromatic rings. The first-order valence-corrected chi connectivity index (χ1v) is 11.0. The molecule has 0 saturated carbocycles. The van der Waals surface area contributed by atoms with Gasteiger partial charge in [0, 0.05) is 29.7 Å². The summed E-state index contributed by atoms with van der Waals surface area (Å²) in [6.45, 7) is -0.562. The molecule has 2 amide bonds. The number of aliphatic carboxylic acids is 1. The highest BCUT2D eigenvalue weighted by atomic mass is 16.4. The molecule has 1 aliphatic rings. The minimum Gasteiger partial charge on any atom is -0.480 e. The standard InChI is InChI=1S/C27H22N4O4/c1-30-21-12-6-5-10-18(21)14-23(30)26(34)29-25-27(35)31(16-24(32)33)22-13-7-11-19(20(22)15-28-25)17-8-3-2-4-9-17/h2-15,25H,16H2,1H3,(H,29,34)(H,32,33). The quantitative estimate of drug-likeness (QED) is 0.470. The maximum Gasteiger partial charge on any atom is 0.323 e. The maximum atomic E-state index is 13.4. The van der Waals surface area contributed by atoms with Gasteiger partial charge in [-0.15, -0.1) is 0 Å². The monoisotopic (exact) mass is 466 g/mol. The molecule has 1 aromatic heterocycles. The third-order valence-electron chi connectivity index (χ3n) is 6.06. The van der Waals surface area contributed by atoms with E-state index in [0.29, 0.717) is 16.9 Å². The molecule has 35 heavy (non-hydrogen) atoms. The van der Waals surface area contributed by atoms with Gasteiger partial charge in [0.25, 0.3) is 11.8 Å². The van der Waals surface area contributed by atoms with E-state index in [2.05, 4.69) is 10.3 Å². The second kappa shape index (κ2) is 8.90. The fraction of sp³-hybridized carbons (Fsp3) is 0.111. The van der Waals surface area contributed by atoms with Gasteiger partial charge in [-0.2, -0.15) is 0 Å². The van der Waals surface area contributed by atoms with Crippen molar-refractivity contribution in [3.8, 4) is 11.1 Å². The summed E-state index contributed by atoms with van der Waals surface area (Å²) in [7, 11) is 1.77. The number of carboxylic acid groups (broad SMARTS) is 1. The van der Waals surface area contributed by atoms with Gasteiger partial charge in [0.2, 0.25) is 6.17 Å². The van der Waals surface area contributed by atoms with E-state index in [9.17, 15) is 19.5 Å². The molecule has 2 N–H and O–H groups in total. The molecule has 3 aromatic carbocycles. The third kappa shape index (κ3) is 4.06. The van der Waals surface area contributed by atoms with E-state index in [1.807, 2.05) is 60.7 Å². The Kier molecular flexibility index (Phi) is 5.62. The number of amides is 2. The predicted molar refractivity (Wildman–Crippen MR) is 134 cm³/mol. The number of benzene rings is 3. The highest BCUT2D eigenvalue weighted by Crippen LogP contribution is 2.32. The Hall–Kier alpha value is -4.72. The number of rotatable bonds is 5. The van der Waals surface area contributed by atoms with Crippen molar-refractivity contribution in [1.29, 1.82) is 0 Å². The number of aliphatic imine (C=N–C) groups is 1. The number of aryl methyl sites for hydroxylation is 1. The summed E-state index contributed by atoms with van der Waals surface area (Å²) in [6, 6.07) is 24.2. The summed E-state index contributed by atoms with van der Waals surface area (Å²) in [5.74, 6) is -2.28. The molecule has 1 aliphatic heterocycles. The molecule has 0 spiro atoms. The molecule has 0 aliphatic carbocycles. The number of nitrogens with zero attached hydrogens (tertiary/aromatic N) is 3. The van der Waals surface area contributed by atoms with Crippen LogP contribution in [0.1, 0.15) is 16.1 Å². The average Bonchev–Trinajstić information content (AvgIpc) is 3.15. The fourth-order valence-electron chi connectivity index (χ4n) is 4.37. The first-order chi connectivity index (χ1) is 16.9. The van der Waals surface area contributed by atoms with Crippen LogP contribution in [0.25, 0.3) is 22.0 Å². The molecule has 0 radical (unpaired) electrons. The number of nitrogens with one attached hydrogen (secondary N) is 1. The number of hydrogen-bond donors (Lipinski definition) is 2. The Morgan fingerprint density at radius 1 is 1.00 bits per heavy atom. The molecular weight excluding hydrogens is 444 g/mol. The zero-order chi connectivity index (χ0) is 24.5. The number of para-hydroxylation sites is 1. The van der Waals surface area contributed by atoms with Crippen molar-refractivity contribution in [2.24, 2.45) is 12.0 Å². The van der Waals surface area contributed by atoms with Crippen molar-refractivity contribution < 1.29 is 19.5 Å². The summed E-state index contributed by atoms with van der Waals surface area (Å²) in [6.07, 6.45) is 0.250. The first-order valence-electron chi connectivity index (χ1n) is 11.0. The van der Waals surface area contributed by atoms with Crippen LogP contribution < -0.4 is 10.2 Å². The Bertz CT molecular complexity index is 1490. The van der Waals surface area contributed by atoms with Crippen LogP contribution in [-0.2, 0) is 16.6 Å². The van der Waals surface area contributed by atoms with E-state index in [1.54, 1.807) is 29.8 Å².